The SMILES string of the molecule is CC(=N)/C(CCOc1cc(F)ccc1-c1ccnc(N2CCNCC2)c1)=C(/C)N. The summed E-state index contributed by atoms with van der Waals surface area (Å²) in [7, 11) is 0. The number of rotatable bonds is 7. The zero-order chi connectivity index (χ0) is 20.8. The lowest BCUT2D eigenvalue weighted by atomic mass is 10.0. The fraction of sp³-hybridized carbons (Fsp3) is 0.364. The van der Waals surface area contributed by atoms with Crippen LogP contribution in [-0.4, -0.2) is 43.5 Å². The minimum atomic E-state index is -0.353. The van der Waals surface area contributed by atoms with Crippen molar-refractivity contribution in [2.24, 2.45) is 5.73 Å². The van der Waals surface area contributed by atoms with Gasteiger partial charge in [0.05, 0.1) is 6.61 Å². The van der Waals surface area contributed by atoms with E-state index in [1.54, 1.807) is 26.1 Å². The number of pyridine rings is 1. The number of allylic oxidation sites excluding steroid dienone is 1. The van der Waals surface area contributed by atoms with Crippen LogP contribution < -0.4 is 20.7 Å². The van der Waals surface area contributed by atoms with Gasteiger partial charge in [0.1, 0.15) is 17.4 Å². The van der Waals surface area contributed by atoms with Gasteiger partial charge < -0.3 is 26.1 Å². The van der Waals surface area contributed by atoms with Crippen molar-refractivity contribution < 1.29 is 9.13 Å². The van der Waals surface area contributed by atoms with E-state index in [0.717, 1.165) is 48.7 Å². The number of anilines is 1. The number of nitrogens with two attached hydrogens (primary N) is 1. The van der Waals surface area contributed by atoms with Gasteiger partial charge in [0, 0.05) is 61.8 Å². The van der Waals surface area contributed by atoms with Crippen LogP contribution in [0, 0.1) is 11.2 Å². The van der Waals surface area contributed by atoms with Crippen LogP contribution in [0.3, 0.4) is 0 Å². The van der Waals surface area contributed by atoms with Crippen molar-refractivity contribution in [3.05, 3.63) is 53.6 Å². The van der Waals surface area contributed by atoms with Crippen LogP contribution in [0.1, 0.15) is 20.3 Å². The normalized spacial score (nSPS) is 15.1. The van der Waals surface area contributed by atoms with E-state index in [-0.39, 0.29) is 5.82 Å². The van der Waals surface area contributed by atoms with Crippen LogP contribution in [0.5, 0.6) is 5.75 Å². The first-order valence-electron chi connectivity index (χ1n) is 9.81. The second-order valence-electron chi connectivity index (χ2n) is 7.17. The predicted octanol–water partition coefficient (Wildman–Crippen LogP) is 3.34. The summed E-state index contributed by atoms with van der Waals surface area (Å²) in [5, 5.41) is 11.2. The molecule has 1 aliphatic rings. The lowest BCUT2D eigenvalue weighted by Gasteiger charge is -2.28. The van der Waals surface area contributed by atoms with Crippen LogP contribution in [0.2, 0.25) is 0 Å². The number of hydrogen-bond acceptors (Lipinski definition) is 6. The number of nitrogens with one attached hydrogen (secondary N) is 2. The molecule has 0 unspecified atom stereocenters. The van der Waals surface area contributed by atoms with Crippen LogP contribution in [0.25, 0.3) is 11.1 Å². The molecule has 7 heteroatoms. The molecule has 0 spiro atoms. The fourth-order valence-corrected chi connectivity index (χ4v) is 3.45. The number of nitrogens with zero attached hydrogens (tertiary/aromatic N) is 2. The highest BCUT2D eigenvalue weighted by atomic mass is 19.1. The molecule has 0 saturated carbocycles. The molecule has 0 radical (unpaired) electrons. The largest absolute Gasteiger partial charge is 0.492 e. The average molecular weight is 397 g/mol. The van der Waals surface area contributed by atoms with E-state index in [4.69, 9.17) is 15.9 Å². The maximum Gasteiger partial charge on any atom is 0.130 e. The Kier molecular flexibility index (Phi) is 6.82. The third-order valence-electron chi connectivity index (χ3n) is 4.98. The molecule has 2 aromatic rings. The quantitative estimate of drug-likeness (QED) is 0.624. The van der Waals surface area contributed by atoms with Crippen molar-refractivity contribution >= 4 is 11.5 Å². The molecule has 0 aliphatic carbocycles. The summed E-state index contributed by atoms with van der Waals surface area (Å²) in [6, 6.07) is 8.49. The van der Waals surface area contributed by atoms with Gasteiger partial charge in [-0.2, -0.15) is 0 Å². The molecular weight excluding hydrogens is 369 g/mol. The lowest BCUT2D eigenvalue weighted by molar-refractivity contribution is 0.322. The number of ether oxygens (including phenoxy) is 1. The molecule has 2 heterocycles. The summed E-state index contributed by atoms with van der Waals surface area (Å²) in [6.07, 6.45) is 2.27. The Bertz CT molecular complexity index is 902. The molecule has 0 bridgehead atoms. The maximum atomic E-state index is 13.9. The minimum Gasteiger partial charge on any atom is -0.492 e. The predicted molar refractivity (Wildman–Crippen MR) is 115 cm³/mol. The highest BCUT2D eigenvalue weighted by Gasteiger charge is 2.15. The van der Waals surface area contributed by atoms with Crippen LogP contribution in [0.4, 0.5) is 10.2 Å². The zero-order valence-electron chi connectivity index (χ0n) is 17.0. The third kappa shape index (κ3) is 5.32. The van der Waals surface area contributed by atoms with E-state index < -0.39 is 0 Å². The Morgan fingerprint density at radius 1 is 1.24 bits per heavy atom. The number of piperazine rings is 1. The molecule has 1 saturated heterocycles. The van der Waals surface area contributed by atoms with Gasteiger partial charge in [-0.1, -0.05) is 0 Å². The van der Waals surface area contributed by atoms with Crippen molar-refractivity contribution in [3.8, 4) is 16.9 Å². The zero-order valence-corrected chi connectivity index (χ0v) is 17.0. The molecule has 3 rings (SSSR count). The van der Waals surface area contributed by atoms with Gasteiger partial charge in [-0.05, 0) is 49.2 Å². The standard InChI is InChI=1S/C22H28FN5O/c1-15(24)19(16(2)25)6-12-29-21-14-18(23)3-4-20(21)17-5-7-27-22(13-17)28-10-8-26-9-11-28/h3-5,7,13-14,24,26H,6,8-12,25H2,1-2H3/b19-16-,24-15?. The molecule has 154 valence electrons. The third-order valence-corrected chi connectivity index (χ3v) is 4.98. The highest BCUT2D eigenvalue weighted by Crippen LogP contribution is 2.32. The van der Waals surface area contributed by atoms with Crippen molar-refractivity contribution in [2.75, 3.05) is 37.7 Å². The van der Waals surface area contributed by atoms with Crippen molar-refractivity contribution in [1.29, 1.82) is 5.41 Å². The van der Waals surface area contributed by atoms with Gasteiger partial charge in [0.25, 0.3) is 0 Å². The number of aromatic nitrogens is 1. The van der Waals surface area contributed by atoms with Gasteiger partial charge in [-0.15, -0.1) is 0 Å². The summed E-state index contributed by atoms with van der Waals surface area (Å²) in [4.78, 5) is 6.73. The molecule has 1 aliphatic heterocycles. The first-order chi connectivity index (χ1) is 14.0. The van der Waals surface area contributed by atoms with E-state index in [2.05, 4.69) is 15.2 Å². The van der Waals surface area contributed by atoms with Crippen LogP contribution in [0.15, 0.2) is 47.8 Å². The van der Waals surface area contributed by atoms with Crippen molar-refractivity contribution in [3.63, 3.8) is 0 Å². The van der Waals surface area contributed by atoms with Crippen LogP contribution >= 0.6 is 0 Å². The second-order valence-corrected chi connectivity index (χ2v) is 7.17. The van der Waals surface area contributed by atoms with Gasteiger partial charge in [0.15, 0.2) is 0 Å². The summed E-state index contributed by atoms with van der Waals surface area (Å²) in [5.41, 5.74) is 9.38. The van der Waals surface area contributed by atoms with Gasteiger partial charge in [-0.3, -0.25) is 0 Å². The molecule has 4 N–H and O–H groups in total. The van der Waals surface area contributed by atoms with E-state index in [1.165, 1.54) is 12.1 Å². The first kappa shape index (κ1) is 20.8. The Morgan fingerprint density at radius 2 is 2.00 bits per heavy atom. The van der Waals surface area contributed by atoms with Gasteiger partial charge in [0.2, 0.25) is 0 Å². The summed E-state index contributed by atoms with van der Waals surface area (Å²) in [6.45, 7) is 7.45. The Balaban J connectivity index is 1.82. The Morgan fingerprint density at radius 3 is 2.69 bits per heavy atom. The monoisotopic (exact) mass is 397 g/mol. The molecule has 0 amide bonds. The maximum absolute atomic E-state index is 13.9. The fourth-order valence-electron chi connectivity index (χ4n) is 3.45. The summed E-state index contributed by atoms with van der Waals surface area (Å²) < 4.78 is 19.8. The number of hydrogen-bond donors (Lipinski definition) is 3. The van der Waals surface area contributed by atoms with E-state index in [1.807, 2.05) is 12.1 Å². The molecule has 1 fully saturated rings. The highest BCUT2D eigenvalue weighted by molar-refractivity contribution is 5.96. The smallest absolute Gasteiger partial charge is 0.130 e. The summed E-state index contributed by atoms with van der Waals surface area (Å²) in [5.74, 6) is 1.02. The van der Waals surface area contributed by atoms with Crippen molar-refractivity contribution in [2.45, 2.75) is 20.3 Å². The Labute approximate surface area is 171 Å². The van der Waals surface area contributed by atoms with Crippen molar-refractivity contribution in [1.82, 2.24) is 10.3 Å². The van der Waals surface area contributed by atoms with Gasteiger partial charge in [-0.25, -0.2) is 9.37 Å². The number of benzene rings is 1. The topological polar surface area (TPSA) is 87.3 Å². The molecule has 1 aromatic heterocycles. The average Bonchev–Trinajstić information content (AvgIpc) is 2.71. The van der Waals surface area contributed by atoms with E-state index in [0.29, 0.717) is 30.2 Å². The van der Waals surface area contributed by atoms with E-state index >= 15 is 0 Å². The first-order valence-corrected chi connectivity index (χ1v) is 9.81. The molecular formula is C22H28FN5O. The van der Waals surface area contributed by atoms with Gasteiger partial charge >= 0.3 is 0 Å². The molecule has 1 aromatic carbocycles. The lowest BCUT2D eigenvalue weighted by Crippen LogP contribution is -2.43. The Hall–Kier alpha value is -2.93. The molecule has 6 nitrogen and oxygen atoms in total. The molecule has 0 atom stereocenters. The minimum absolute atomic E-state index is 0.312. The summed E-state index contributed by atoms with van der Waals surface area (Å²) >= 11 is 0. The second kappa shape index (κ2) is 9.52. The van der Waals surface area contributed by atoms with Crippen LogP contribution in [-0.2, 0) is 0 Å². The number of halogens is 1. The van der Waals surface area contributed by atoms with E-state index in [9.17, 15) is 4.39 Å². The molecule has 29 heavy (non-hydrogen) atoms.